The van der Waals surface area contributed by atoms with E-state index in [1.807, 2.05) is 18.0 Å². The molecule has 0 atom stereocenters. The number of hydrogen-bond donors (Lipinski definition) is 1. The molecule has 4 rings (SSSR count). The third-order valence-electron chi connectivity index (χ3n) is 8.35. The number of likely N-dealkylation sites (tertiary alicyclic amines) is 1. The van der Waals surface area contributed by atoms with E-state index in [9.17, 15) is 0 Å². The molecule has 0 saturated carbocycles. The van der Waals surface area contributed by atoms with Gasteiger partial charge >= 0.3 is 0 Å². The Balaban J connectivity index is 1.36. The fraction of sp³-hybridized carbons (Fsp3) is 0.500. The predicted molar refractivity (Wildman–Crippen MR) is 171 cm³/mol. The number of thioether (sulfide) groups is 1. The minimum atomic E-state index is 0.406. The SMILES string of the molecule is C=CCCC1(CC2=CC=C(c3ccc(C(=C)NCC4=CN(C)CS4)cn3)C=CC2)CCN(CCCCC)CC1. The second-order valence-electron chi connectivity index (χ2n) is 11.5. The van der Waals surface area contributed by atoms with E-state index in [1.54, 1.807) is 5.57 Å². The standard InChI is InChI=1S/C34H48N4S/c1-5-7-9-20-38-21-18-34(19-22-38,17-8-6-2)23-29-11-10-12-30(14-13-29)33-16-15-31(24-36-33)28(3)35-25-32-26-37(4)27-39-32/h6,10,12-16,24,26,35H,2-3,5,7-9,11,17-23,25,27H2,1,4H3. The number of unbranched alkanes of at least 4 members (excludes halogenated alkanes) is 2. The highest BCUT2D eigenvalue weighted by atomic mass is 32.2. The number of pyridine rings is 1. The van der Waals surface area contributed by atoms with Crippen molar-refractivity contribution in [3.05, 3.63) is 89.8 Å². The summed E-state index contributed by atoms with van der Waals surface area (Å²) in [6, 6.07) is 4.25. The molecule has 1 N–H and O–H groups in total. The fourth-order valence-electron chi connectivity index (χ4n) is 5.85. The van der Waals surface area contributed by atoms with Crippen LogP contribution in [0.25, 0.3) is 11.3 Å². The molecule has 1 aromatic rings. The van der Waals surface area contributed by atoms with Gasteiger partial charge in [-0.25, -0.2) is 0 Å². The smallest absolute Gasteiger partial charge is 0.0702 e. The lowest BCUT2D eigenvalue weighted by molar-refractivity contribution is 0.0939. The Hall–Kier alpha value is -2.50. The van der Waals surface area contributed by atoms with Crippen molar-refractivity contribution >= 4 is 23.0 Å². The Morgan fingerprint density at radius 2 is 2.05 bits per heavy atom. The van der Waals surface area contributed by atoms with Gasteiger partial charge in [0.15, 0.2) is 0 Å². The van der Waals surface area contributed by atoms with Gasteiger partial charge in [-0.15, -0.1) is 18.3 Å². The zero-order valence-electron chi connectivity index (χ0n) is 24.3. The van der Waals surface area contributed by atoms with E-state index >= 15 is 0 Å². The van der Waals surface area contributed by atoms with Crippen LogP contribution in [0.3, 0.4) is 0 Å². The van der Waals surface area contributed by atoms with Gasteiger partial charge in [0.25, 0.3) is 0 Å². The molecular weight excluding hydrogens is 496 g/mol. The molecule has 0 radical (unpaired) electrons. The molecule has 0 amide bonds. The topological polar surface area (TPSA) is 31.4 Å². The summed E-state index contributed by atoms with van der Waals surface area (Å²) in [5.74, 6) is 1.02. The molecule has 3 aliphatic rings. The molecule has 3 heterocycles. The zero-order chi connectivity index (χ0) is 27.5. The summed E-state index contributed by atoms with van der Waals surface area (Å²) in [7, 11) is 2.10. The van der Waals surface area contributed by atoms with Crippen LogP contribution in [0.2, 0.25) is 0 Å². The highest BCUT2D eigenvalue weighted by Crippen LogP contribution is 2.43. The van der Waals surface area contributed by atoms with Crippen molar-refractivity contribution in [1.82, 2.24) is 20.1 Å². The lowest BCUT2D eigenvalue weighted by Gasteiger charge is -2.43. The summed E-state index contributed by atoms with van der Waals surface area (Å²) in [5, 5.41) is 3.45. The summed E-state index contributed by atoms with van der Waals surface area (Å²) < 4.78 is 0. The van der Waals surface area contributed by atoms with Crippen LogP contribution in [0.4, 0.5) is 0 Å². The van der Waals surface area contributed by atoms with Gasteiger partial charge in [-0.05, 0) is 87.7 Å². The Morgan fingerprint density at radius 1 is 1.21 bits per heavy atom. The number of hydrogen-bond acceptors (Lipinski definition) is 5. The molecule has 1 aliphatic carbocycles. The molecule has 2 aliphatic heterocycles. The third-order valence-corrected chi connectivity index (χ3v) is 9.51. The fourth-order valence-corrected chi connectivity index (χ4v) is 6.73. The average Bonchev–Trinajstić information content (AvgIpc) is 3.24. The molecule has 0 aromatic carbocycles. The van der Waals surface area contributed by atoms with Crippen LogP contribution in [0.15, 0.2) is 78.5 Å². The Morgan fingerprint density at radius 3 is 2.74 bits per heavy atom. The molecule has 1 aromatic heterocycles. The summed E-state index contributed by atoms with van der Waals surface area (Å²) >= 11 is 1.87. The first-order valence-corrected chi connectivity index (χ1v) is 15.8. The van der Waals surface area contributed by atoms with Gasteiger partial charge < -0.3 is 15.1 Å². The van der Waals surface area contributed by atoms with Gasteiger partial charge in [0.05, 0.1) is 11.6 Å². The van der Waals surface area contributed by atoms with Gasteiger partial charge in [-0.2, -0.15) is 0 Å². The maximum atomic E-state index is 4.80. The maximum absolute atomic E-state index is 4.80. The quantitative estimate of drug-likeness (QED) is 0.189. The van der Waals surface area contributed by atoms with E-state index in [0.29, 0.717) is 5.41 Å². The van der Waals surface area contributed by atoms with Gasteiger partial charge in [0.1, 0.15) is 0 Å². The molecule has 0 bridgehead atoms. The van der Waals surface area contributed by atoms with Crippen molar-refractivity contribution in [3.63, 3.8) is 0 Å². The first kappa shape index (κ1) is 29.5. The van der Waals surface area contributed by atoms with Gasteiger partial charge in [0.2, 0.25) is 0 Å². The van der Waals surface area contributed by atoms with Crippen molar-refractivity contribution in [2.75, 3.05) is 39.1 Å². The van der Waals surface area contributed by atoms with E-state index < -0.39 is 0 Å². The normalized spacial score (nSPS) is 19.2. The molecule has 1 saturated heterocycles. The minimum Gasteiger partial charge on any atom is -0.380 e. The molecule has 39 heavy (non-hydrogen) atoms. The summed E-state index contributed by atoms with van der Waals surface area (Å²) in [6.07, 6.45) is 26.6. The van der Waals surface area contributed by atoms with Gasteiger partial charge in [0, 0.05) is 42.2 Å². The van der Waals surface area contributed by atoms with Gasteiger partial charge in [-0.3, -0.25) is 4.98 Å². The predicted octanol–water partition coefficient (Wildman–Crippen LogP) is 8.02. The first-order valence-electron chi connectivity index (χ1n) is 14.8. The summed E-state index contributed by atoms with van der Waals surface area (Å²) in [6.45, 7) is 15.1. The minimum absolute atomic E-state index is 0.406. The zero-order valence-corrected chi connectivity index (χ0v) is 25.1. The van der Waals surface area contributed by atoms with Crippen LogP contribution in [0.1, 0.15) is 76.0 Å². The molecule has 210 valence electrons. The largest absolute Gasteiger partial charge is 0.380 e. The molecule has 1 fully saturated rings. The Kier molecular flexibility index (Phi) is 11.2. The van der Waals surface area contributed by atoms with E-state index in [0.717, 1.165) is 42.2 Å². The number of nitrogens with one attached hydrogen (secondary N) is 1. The van der Waals surface area contributed by atoms with Crippen molar-refractivity contribution in [1.29, 1.82) is 0 Å². The highest BCUT2D eigenvalue weighted by molar-refractivity contribution is 8.03. The van der Waals surface area contributed by atoms with Crippen molar-refractivity contribution in [3.8, 4) is 0 Å². The summed E-state index contributed by atoms with van der Waals surface area (Å²) in [5.41, 5.74) is 6.09. The van der Waals surface area contributed by atoms with E-state index in [-0.39, 0.29) is 0 Å². The van der Waals surface area contributed by atoms with E-state index in [1.165, 1.54) is 75.1 Å². The van der Waals surface area contributed by atoms with Crippen LogP contribution in [-0.4, -0.2) is 53.9 Å². The van der Waals surface area contributed by atoms with Crippen molar-refractivity contribution < 1.29 is 0 Å². The van der Waals surface area contributed by atoms with Crippen LogP contribution >= 0.6 is 11.8 Å². The van der Waals surface area contributed by atoms with Crippen LogP contribution in [0.5, 0.6) is 0 Å². The number of piperidine rings is 1. The van der Waals surface area contributed by atoms with Crippen LogP contribution in [-0.2, 0) is 0 Å². The second kappa shape index (κ2) is 14.8. The number of allylic oxidation sites excluding steroid dienone is 7. The highest BCUT2D eigenvalue weighted by Gasteiger charge is 2.34. The molecular formula is C34H48N4S. The average molecular weight is 545 g/mol. The summed E-state index contributed by atoms with van der Waals surface area (Å²) in [4.78, 5) is 11.0. The molecule has 0 unspecified atom stereocenters. The van der Waals surface area contributed by atoms with Crippen LogP contribution < -0.4 is 5.32 Å². The number of rotatable bonds is 14. The maximum Gasteiger partial charge on any atom is 0.0702 e. The lowest BCUT2D eigenvalue weighted by atomic mass is 9.70. The Bertz CT molecular complexity index is 1090. The van der Waals surface area contributed by atoms with E-state index in [4.69, 9.17) is 4.98 Å². The van der Waals surface area contributed by atoms with Gasteiger partial charge in [-0.1, -0.05) is 62.3 Å². The number of aromatic nitrogens is 1. The first-order chi connectivity index (χ1) is 19.0. The molecule has 4 nitrogen and oxygen atoms in total. The molecule has 0 spiro atoms. The molecule has 5 heteroatoms. The second-order valence-corrected chi connectivity index (χ2v) is 12.6. The third kappa shape index (κ3) is 8.74. The Labute approximate surface area is 241 Å². The van der Waals surface area contributed by atoms with Crippen molar-refractivity contribution in [2.24, 2.45) is 5.41 Å². The van der Waals surface area contributed by atoms with Crippen LogP contribution in [0, 0.1) is 5.41 Å². The number of nitrogens with zero attached hydrogens (tertiary/aromatic N) is 3. The monoisotopic (exact) mass is 544 g/mol. The lowest BCUT2D eigenvalue weighted by Crippen LogP contribution is -2.40. The van der Waals surface area contributed by atoms with E-state index in [2.05, 4.69) is 91.0 Å². The van der Waals surface area contributed by atoms with Crippen molar-refractivity contribution in [2.45, 2.75) is 64.7 Å².